The van der Waals surface area contributed by atoms with Crippen molar-refractivity contribution in [3.63, 3.8) is 0 Å². The number of esters is 2. The third-order valence-electron chi connectivity index (χ3n) is 5.54. The summed E-state index contributed by atoms with van der Waals surface area (Å²) in [4.78, 5) is 22.4. The second-order valence-corrected chi connectivity index (χ2v) is 8.10. The highest BCUT2D eigenvalue weighted by molar-refractivity contribution is 5.94. The van der Waals surface area contributed by atoms with Gasteiger partial charge in [-0.3, -0.25) is 9.59 Å². The molecule has 0 saturated carbocycles. The summed E-state index contributed by atoms with van der Waals surface area (Å²) in [7, 11) is 0. The Morgan fingerprint density at radius 3 is 1.67 bits per heavy atom. The van der Waals surface area contributed by atoms with E-state index in [1.54, 1.807) is 0 Å². The third kappa shape index (κ3) is 13.7. The summed E-state index contributed by atoms with van der Waals surface area (Å²) in [6, 6.07) is 0. The largest absolute Gasteiger partial charge is 0.393 e. The molecule has 156 valence electrons. The maximum atomic E-state index is 11.4. The van der Waals surface area contributed by atoms with Crippen LogP contribution in [0.1, 0.15) is 122 Å². The zero-order valence-corrected chi connectivity index (χ0v) is 17.7. The molecule has 1 aliphatic heterocycles. The van der Waals surface area contributed by atoms with Gasteiger partial charge < -0.3 is 4.74 Å². The average Bonchev–Trinajstić information content (AvgIpc) is 2.98. The Balaban J connectivity index is 1.71. The number of rotatable bonds is 18. The molecule has 0 aromatic heterocycles. The van der Waals surface area contributed by atoms with Gasteiger partial charge in [-0.05, 0) is 25.7 Å². The Bertz CT molecular complexity index is 414. The van der Waals surface area contributed by atoms with Crippen molar-refractivity contribution in [2.75, 3.05) is 0 Å². The summed E-state index contributed by atoms with van der Waals surface area (Å²) >= 11 is 0. The van der Waals surface area contributed by atoms with Crippen LogP contribution in [0.4, 0.5) is 0 Å². The zero-order chi connectivity index (χ0) is 19.6. The van der Waals surface area contributed by atoms with Crippen LogP contribution in [0.25, 0.3) is 0 Å². The van der Waals surface area contributed by atoms with Crippen molar-refractivity contribution in [2.24, 2.45) is 5.92 Å². The van der Waals surface area contributed by atoms with Crippen LogP contribution in [-0.4, -0.2) is 11.9 Å². The fourth-order valence-corrected chi connectivity index (χ4v) is 3.80. The Morgan fingerprint density at radius 2 is 1.22 bits per heavy atom. The first-order valence-corrected chi connectivity index (χ1v) is 11.6. The summed E-state index contributed by atoms with van der Waals surface area (Å²) in [6.45, 7) is 2.19. The molecule has 3 nitrogen and oxygen atoms in total. The molecule has 1 fully saturated rings. The second-order valence-electron chi connectivity index (χ2n) is 8.10. The molecule has 3 heteroatoms. The lowest BCUT2D eigenvalue weighted by atomic mass is 9.98. The van der Waals surface area contributed by atoms with Gasteiger partial charge in [0.2, 0.25) is 0 Å². The molecule has 27 heavy (non-hydrogen) atoms. The second kappa shape index (κ2) is 17.0. The van der Waals surface area contributed by atoms with Crippen LogP contribution in [0.5, 0.6) is 0 Å². The van der Waals surface area contributed by atoms with Crippen molar-refractivity contribution in [1.29, 1.82) is 0 Å². The van der Waals surface area contributed by atoms with Crippen molar-refractivity contribution in [2.45, 2.75) is 122 Å². The van der Waals surface area contributed by atoms with Crippen LogP contribution >= 0.6 is 0 Å². The fourth-order valence-electron chi connectivity index (χ4n) is 3.80. The molecule has 0 N–H and O–H groups in total. The molecule has 0 radical (unpaired) electrons. The minimum Gasteiger partial charge on any atom is -0.393 e. The number of carbonyl (C=O) groups excluding carboxylic acids is 2. The molecular formula is C24H42O3. The van der Waals surface area contributed by atoms with Crippen LogP contribution in [0.3, 0.4) is 0 Å². The summed E-state index contributed by atoms with van der Waals surface area (Å²) in [5, 5.41) is 0. The molecule has 1 saturated heterocycles. The van der Waals surface area contributed by atoms with E-state index in [1.807, 2.05) is 0 Å². The van der Waals surface area contributed by atoms with E-state index >= 15 is 0 Å². The Labute approximate surface area is 167 Å². The van der Waals surface area contributed by atoms with Crippen molar-refractivity contribution in [1.82, 2.24) is 0 Å². The van der Waals surface area contributed by atoms with Crippen LogP contribution in [0, 0.1) is 5.92 Å². The predicted molar refractivity (Wildman–Crippen MR) is 113 cm³/mol. The minimum atomic E-state index is -0.343. The van der Waals surface area contributed by atoms with E-state index in [-0.39, 0.29) is 17.9 Å². The number of carbonyl (C=O) groups is 2. The van der Waals surface area contributed by atoms with E-state index in [0.717, 1.165) is 12.8 Å². The van der Waals surface area contributed by atoms with Gasteiger partial charge >= 0.3 is 11.9 Å². The maximum Gasteiger partial charge on any atom is 0.317 e. The lowest BCUT2D eigenvalue weighted by Crippen LogP contribution is -2.06. The average molecular weight is 379 g/mol. The predicted octanol–water partition coefficient (Wildman–Crippen LogP) is 7.28. The van der Waals surface area contributed by atoms with E-state index < -0.39 is 0 Å². The molecule has 1 rings (SSSR count). The minimum absolute atomic E-state index is 0.157. The first-order chi connectivity index (χ1) is 13.2. The molecule has 0 aromatic rings. The molecule has 0 spiro atoms. The van der Waals surface area contributed by atoms with Crippen molar-refractivity contribution in [3.05, 3.63) is 12.2 Å². The summed E-state index contributed by atoms with van der Waals surface area (Å²) in [6.07, 6.45) is 26.8. The normalized spacial score (nSPS) is 17.1. The topological polar surface area (TPSA) is 43.4 Å². The molecular weight excluding hydrogens is 336 g/mol. The number of hydrogen-bond donors (Lipinski definition) is 0. The molecule has 0 aliphatic carbocycles. The molecule has 1 atom stereocenters. The Kier molecular flexibility index (Phi) is 15.1. The highest BCUT2D eigenvalue weighted by atomic mass is 16.6. The number of cyclic esters (lactones) is 2. The molecule has 0 amide bonds. The summed E-state index contributed by atoms with van der Waals surface area (Å²) in [5.41, 5.74) is 0. The van der Waals surface area contributed by atoms with Gasteiger partial charge in [0.25, 0.3) is 0 Å². The van der Waals surface area contributed by atoms with Gasteiger partial charge in [-0.15, -0.1) is 0 Å². The van der Waals surface area contributed by atoms with E-state index in [0.29, 0.717) is 6.42 Å². The molecule has 1 heterocycles. The van der Waals surface area contributed by atoms with Gasteiger partial charge in [0.05, 0.1) is 12.3 Å². The zero-order valence-electron chi connectivity index (χ0n) is 17.7. The van der Waals surface area contributed by atoms with E-state index in [2.05, 4.69) is 23.8 Å². The Hall–Kier alpha value is -1.12. The lowest BCUT2D eigenvalue weighted by molar-refractivity contribution is -0.153. The van der Waals surface area contributed by atoms with Crippen molar-refractivity contribution in [3.8, 4) is 0 Å². The first-order valence-electron chi connectivity index (χ1n) is 11.6. The van der Waals surface area contributed by atoms with E-state index in [9.17, 15) is 9.59 Å². The van der Waals surface area contributed by atoms with E-state index in [1.165, 1.54) is 96.3 Å². The molecule has 1 unspecified atom stereocenters. The van der Waals surface area contributed by atoms with Crippen LogP contribution in [-0.2, 0) is 14.3 Å². The monoisotopic (exact) mass is 378 g/mol. The maximum absolute atomic E-state index is 11.4. The molecule has 0 bridgehead atoms. The SMILES string of the molecule is CC/C=C/CCCCCCCCCCCCCCCCC1CC(=O)OC1=O. The van der Waals surface area contributed by atoms with Gasteiger partial charge in [-0.1, -0.05) is 103 Å². The standard InChI is InChI=1S/C24H42O3/c1-2-3-4-5-6-7-8-9-10-11-12-13-14-15-16-17-18-19-20-22-21-23(25)27-24(22)26/h3-4,22H,2,5-21H2,1H3/b4-3+. The van der Waals surface area contributed by atoms with Gasteiger partial charge in [0.1, 0.15) is 0 Å². The van der Waals surface area contributed by atoms with Gasteiger partial charge in [-0.2, -0.15) is 0 Å². The van der Waals surface area contributed by atoms with Gasteiger partial charge in [0.15, 0.2) is 0 Å². The fraction of sp³-hybridized carbons (Fsp3) is 0.833. The highest BCUT2D eigenvalue weighted by Crippen LogP contribution is 2.22. The van der Waals surface area contributed by atoms with Gasteiger partial charge in [-0.25, -0.2) is 0 Å². The van der Waals surface area contributed by atoms with Gasteiger partial charge in [0, 0.05) is 0 Å². The number of ether oxygens (including phenoxy) is 1. The number of allylic oxidation sites excluding steroid dienone is 2. The first kappa shape index (κ1) is 23.9. The van der Waals surface area contributed by atoms with Crippen LogP contribution < -0.4 is 0 Å². The third-order valence-corrected chi connectivity index (χ3v) is 5.54. The smallest absolute Gasteiger partial charge is 0.317 e. The molecule has 1 aliphatic rings. The number of hydrogen-bond acceptors (Lipinski definition) is 3. The Morgan fingerprint density at radius 1 is 0.741 bits per heavy atom. The summed E-state index contributed by atoms with van der Waals surface area (Å²) < 4.78 is 4.58. The number of unbranched alkanes of at least 4 members (excludes halogenated alkanes) is 14. The molecule has 0 aromatic carbocycles. The highest BCUT2D eigenvalue weighted by Gasteiger charge is 2.32. The van der Waals surface area contributed by atoms with Crippen LogP contribution in [0.15, 0.2) is 12.2 Å². The van der Waals surface area contributed by atoms with Crippen molar-refractivity contribution >= 4 is 11.9 Å². The summed E-state index contributed by atoms with van der Waals surface area (Å²) in [5.74, 6) is -0.802. The lowest BCUT2D eigenvalue weighted by Gasteiger charge is -2.05. The quantitative estimate of drug-likeness (QED) is 0.109. The van der Waals surface area contributed by atoms with E-state index in [4.69, 9.17) is 0 Å². The van der Waals surface area contributed by atoms with Crippen molar-refractivity contribution < 1.29 is 14.3 Å². The van der Waals surface area contributed by atoms with Crippen LogP contribution in [0.2, 0.25) is 0 Å².